The Bertz CT molecular complexity index is 1680. The maximum absolute atomic E-state index is 12.9. The molecule has 0 aliphatic carbocycles. The van der Waals surface area contributed by atoms with Crippen molar-refractivity contribution < 1.29 is 25.1 Å². The second-order valence-electron chi connectivity index (χ2n) is 23.4. The average molecular weight is 1150 g/mol. The summed E-state index contributed by atoms with van der Waals surface area (Å²) in [6.45, 7) is 30.8. The van der Waals surface area contributed by atoms with Gasteiger partial charge in [-0.05, 0) is 160 Å². The first-order valence-corrected chi connectivity index (χ1v) is 34.1. The molecule has 0 bridgehead atoms. The largest absolute Gasteiger partial charge is 2.00 e. The zero-order valence-corrected chi connectivity index (χ0v) is 55.0. The van der Waals surface area contributed by atoms with Crippen LogP contribution in [-0.4, -0.2) is 4.70 Å². The van der Waals surface area contributed by atoms with Gasteiger partial charge in [0, 0.05) is 22.3 Å². The van der Waals surface area contributed by atoms with E-state index in [1.807, 2.05) is 0 Å². The number of hydrogen-bond donors (Lipinski definition) is 0. The van der Waals surface area contributed by atoms with Gasteiger partial charge in [-0.25, -0.2) is 4.70 Å². The predicted octanol–water partition coefficient (Wildman–Crippen LogP) is 25.6. The predicted molar refractivity (Wildman–Crippen MR) is 345 cm³/mol. The standard InChI is InChI=1S/C52H84N2.2C11H23.Pd/c1-9-17-25-31-43-39-46(40-44(32-26-18-10-2)48(43)35-27-19-11-3)52-50(36-28-20-12-4)49(34-24-16-8)51(54(52)53)45-37-41(29-21-13-5)47(33-23-15-7)42(38-45)30-22-14-6;2*1-3-5-7-9-11-10-8-6-4-2;/h37-40H,9-36H2,1-8H3;2*1,3-11H2,2H3;/q;2*-1;+2. The van der Waals surface area contributed by atoms with Gasteiger partial charge in [-0.2, -0.15) is 12.8 Å². The molecule has 1 aliphatic heterocycles. The van der Waals surface area contributed by atoms with E-state index in [-0.39, 0.29) is 20.4 Å². The summed E-state index contributed by atoms with van der Waals surface area (Å²) in [7, 11) is 0. The molecule has 0 aromatic heterocycles. The molecule has 0 fully saturated rings. The molecule has 446 valence electrons. The number of hydrogen-bond acceptors (Lipinski definition) is 0. The van der Waals surface area contributed by atoms with Gasteiger partial charge >= 0.3 is 20.4 Å². The van der Waals surface area contributed by atoms with Gasteiger partial charge in [0.05, 0.1) is 0 Å². The number of nitrogens with zero attached hydrogens (tertiary/aromatic N) is 2. The van der Waals surface area contributed by atoms with Crippen LogP contribution in [0.5, 0.6) is 0 Å². The number of allylic oxidation sites excluding steroid dienone is 2. The first-order chi connectivity index (χ1) is 37.3. The molecule has 2 nitrogen and oxygen atoms in total. The Balaban J connectivity index is 0.00000208. The van der Waals surface area contributed by atoms with E-state index in [1.54, 1.807) is 38.1 Å². The van der Waals surface area contributed by atoms with Crippen LogP contribution < -0.4 is 0 Å². The third kappa shape index (κ3) is 31.8. The van der Waals surface area contributed by atoms with Crippen molar-refractivity contribution in [2.24, 2.45) is 0 Å². The summed E-state index contributed by atoms with van der Waals surface area (Å²) in [6.07, 6.45) is 58.5. The molecule has 0 saturated carbocycles. The Kier molecular flexibility index (Phi) is 51.0. The van der Waals surface area contributed by atoms with E-state index in [9.17, 15) is 5.53 Å². The second-order valence-corrected chi connectivity index (χ2v) is 23.4. The molecule has 0 saturated heterocycles. The zero-order valence-electron chi connectivity index (χ0n) is 53.5. The number of unbranched alkanes of at least 4 members (excludes halogenated alkanes) is 28. The summed E-state index contributed by atoms with van der Waals surface area (Å²) in [4.78, 5) is 0. The maximum Gasteiger partial charge on any atom is 2.00 e. The van der Waals surface area contributed by atoms with E-state index >= 15 is 0 Å². The normalized spacial score (nSPS) is 12.3. The van der Waals surface area contributed by atoms with Crippen LogP contribution in [0.25, 0.3) is 16.9 Å². The van der Waals surface area contributed by atoms with Crippen molar-refractivity contribution >= 4 is 11.4 Å². The quantitative estimate of drug-likeness (QED) is 0.0273. The van der Waals surface area contributed by atoms with Gasteiger partial charge in [0.1, 0.15) is 0 Å². The molecule has 2 aromatic carbocycles. The minimum atomic E-state index is 0. The molecule has 1 aliphatic rings. The molecule has 0 radical (unpaired) electrons. The van der Waals surface area contributed by atoms with E-state index in [0.717, 1.165) is 75.6 Å². The third-order valence-corrected chi connectivity index (χ3v) is 16.3. The van der Waals surface area contributed by atoms with Crippen LogP contribution >= 0.6 is 0 Å². The molecule has 0 spiro atoms. The van der Waals surface area contributed by atoms with Crippen LogP contribution in [0.2, 0.25) is 0 Å². The fourth-order valence-electron chi connectivity index (χ4n) is 11.5. The molecular weight excluding hydrogens is 1020 g/mol. The van der Waals surface area contributed by atoms with E-state index in [2.05, 4.69) is 107 Å². The number of benzene rings is 2. The molecule has 0 amide bonds. The molecule has 0 unspecified atom stereocenters. The van der Waals surface area contributed by atoms with Crippen LogP contribution in [0.3, 0.4) is 0 Å². The number of aryl methyl sites for hydroxylation is 4. The molecule has 3 heteroatoms. The smallest absolute Gasteiger partial charge is 0.493 e. The first-order valence-electron chi connectivity index (χ1n) is 34.1. The zero-order chi connectivity index (χ0) is 55.9. The van der Waals surface area contributed by atoms with Gasteiger partial charge in [0.25, 0.3) is 0 Å². The summed E-state index contributed by atoms with van der Waals surface area (Å²) in [5.41, 5.74) is 29.9. The summed E-state index contributed by atoms with van der Waals surface area (Å²) in [5.74, 6) is 0. The average Bonchev–Trinajstić information content (AvgIpc) is 3.71. The van der Waals surface area contributed by atoms with Crippen LogP contribution in [-0.2, 0) is 58.9 Å². The minimum Gasteiger partial charge on any atom is -0.493 e. The minimum absolute atomic E-state index is 0. The number of rotatable bonds is 46. The Hall–Kier alpha value is -1.82. The van der Waals surface area contributed by atoms with Crippen molar-refractivity contribution in [1.82, 2.24) is 0 Å². The van der Waals surface area contributed by atoms with Gasteiger partial charge in [-0.1, -0.05) is 249 Å². The van der Waals surface area contributed by atoms with Crippen LogP contribution in [0.4, 0.5) is 0 Å². The van der Waals surface area contributed by atoms with Crippen molar-refractivity contribution in [2.75, 3.05) is 0 Å². The van der Waals surface area contributed by atoms with E-state index < -0.39 is 0 Å². The Labute approximate surface area is 497 Å². The topological polar surface area (TPSA) is 25.3 Å². The van der Waals surface area contributed by atoms with Crippen LogP contribution in [0.1, 0.15) is 371 Å². The maximum atomic E-state index is 12.9. The summed E-state index contributed by atoms with van der Waals surface area (Å²) in [6, 6.07) is 10.1. The summed E-state index contributed by atoms with van der Waals surface area (Å²) >= 11 is 0. The Morgan fingerprint density at radius 3 is 0.831 bits per heavy atom. The molecule has 0 atom stereocenters. The molecule has 0 N–H and O–H groups in total. The SMILES string of the molecule is CCCCCC1=C(c2cc(CCCCC)c(CCCCC)c(CCCCC)c2)[N+](=[N-])C(c2cc(CCCC)c(CCCC)c(CCCC)c2)=C1CCCC.[CH2-]CCCCCCCCCC.[CH2-]CCCCCCCCCC.[Pd+2]. The first kappa shape index (κ1) is 75.2. The van der Waals surface area contributed by atoms with Crippen molar-refractivity contribution in [3.8, 4) is 0 Å². The van der Waals surface area contributed by atoms with Gasteiger partial charge in [0.2, 0.25) is 11.4 Å². The van der Waals surface area contributed by atoms with E-state index in [1.165, 1.54) is 253 Å². The Morgan fingerprint density at radius 1 is 0.286 bits per heavy atom. The Morgan fingerprint density at radius 2 is 0.506 bits per heavy atom. The fourth-order valence-corrected chi connectivity index (χ4v) is 11.5. The molecule has 3 rings (SSSR count). The summed E-state index contributed by atoms with van der Waals surface area (Å²) < 4.78 is 1.72. The third-order valence-electron chi connectivity index (χ3n) is 16.3. The van der Waals surface area contributed by atoms with Gasteiger partial charge in [-0.15, -0.1) is 0 Å². The van der Waals surface area contributed by atoms with Crippen molar-refractivity contribution in [3.63, 3.8) is 0 Å². The monoisotopic (exact) mass is 1150 g/mol. The van der Waals surface area contributed by atoms with Crippen LogP contribution in [0, 0.1) is 13.8 Å². The molecule has 2 aromatic rings. The summed E-state index contributed by atoms with van der Waals surface area (Å²) in [5, 5.41) is 0. The van der Waals surface area contributed by atoms with E-state index in [0.29, 0.717) is 0 Å². The van der Waals surface area contributed by atoms with Crippen molar-refractivity contribution in [3.05, 3.63) is 99.3 Å². The van der Waals surface area contributed by atoms with Gasteiger partial charge < -0.3 is 19.4 Å². The molecule has 77 heavy (non-hydrogen) atoms. The van der Waals surface area contributed by atoms with Gasteiger partial charge in [-0.3, -0.25) is 0 Å². The van der Waals surface area contributed by atoms with Gasteiger partial charge in [0.15, 0.2) is 0 Å². The van der Waals surface area contributed by atoms with Crippen molar-refractivity contribution in [1.29, 1.82) is 0 Å². The van der Waals surface area contributed by atoms with Crippen LogP contribution in [0.15, 0.2) is 35.4 Å². The van der Waals surface area contributed by atoms with E-state index in [4.69, 9.17) is 0 Å². The van der Waals surface area contributed by atoms with Crippen molar-refractivity contribution in [2.45, 2.75) is 365 Å². The molecule has 1 heterocycles. The molecular formula is C74H130N2Pd. The second kappa shape index (κ2) is 52.3. The fraction of sp³-hybridized carbons (Fsp3) is 0.757.